The lowest BCUT2D eigenvalue weighted by Gasteiger charge is -2.35. The minimum absolute atomic E-state index is 0.0579. The minimum Gasteiger partial charge on any atom is -0.459 e. The zero-order chi connectivity index (χ0) is 34.9. The van der Waals surface area contributed by atoms with Crippen molar-refractivity contribution in [3.8, 4) is 6.07 Å². The number of anilines is 1. The minimum atomic E-state index is -1.78. The van der Waals surface area contributed by atoms with E-state index in [0.29, 0.717) is 5.56 Å². The summed E-state index contributed by atoms with van der Waals surface area (Å²) in [5, 5.41) is 10.2. The van der Waals surface area contributed by atoms with Crippen molar-refractivity contribution in [3.63, 3.8) is 0 Å². The van der Waals surface area contributed by atoms with E-state index in [1.165, 1.54) is 17.1 Å². The van der Waals surface area contributed by atoms with E-state index in [-0.39, 0.29) is 40.1 Å². The van der Waals surface area contributed by atoms with E-state index in [1.54, 1.807) is 79.7 Å². The summed E-state index contributed by atoms with van der Waals surface area (Å²) in [4.78, 5) is 49.0. The zero-order valence-electron chi connectivity index (χ0n) is 27.2. The molecule has 248 valence electrons. The van der Waals surface area contributed by atoms with E-state index in [0.717, 1.165) is 16.7 Å². The predicted octanol–water partition coefficient (Wildman–Crippen LogP) is 5.41. The summed E-state index contributed by atoms with van der Waals surface area (Å²) in [5.74, 6) is -2.02. The lowest BCUT2D eigenvalue weighted by molar-refractivity contribution is -0.108. The number of fused-ring (bicyclic) bond motifs is 1. The van der Waals surface area contributed by atoms with E-state index in [1.807, 2.05) is 20.8 Å². The molecule has 6 rings (SSSR count). The number of hydrogen-bond donors (Lipinski definition) is 1. The molecule has 0 spiro atoms. The largest absolute Gasteiger partial charge is 0.459 e. The van der Waals surface area contributed by atoms with Crippen LogP contribution in [0.15, 0.2) is 85.3 Å². The fourth-order valence-electron chi connectivity index (χ4n) is 5.78. The first-order valence-electron chi connectivity index (χ1n) is 15.5. The van der Waals surface area contributed by atoms with Gasteiger partial charge in [0.25, 0.3) is 0 Å². The second-order valence-corrected chi connectivity index (χ2v) is 12.1. The highest BCUT2D eigenvalue weighted by molar-refractivity contribution is 5.93. The van der Waals surface area contributed by atoms with E-state index < -0.39 is 41.9 Å². The number of aromatic nitrogens is 3. The number of nitriles is 1. The van der Waals surface area contributed by atoms with E-state index in [9.17, 15) is 19.6 Å². The molecule has 1 aliphatic heterocycles. The van der Waals surface area contributed by atoms with Crippen molar-refractivity contribution < 1.29 is 33.3 Å². The monoisotopic (exact) mass is 659 g/mol. The Balaban J connectivity index is 1.45. The van der Waals surface area contributed by atoms with E-state index in [2.05, 4.69) is 16.0 Å². The first kappa shape index (κ1) is 32.9. The molecule has 0 bridgehead atoms. The van der Waals surface area contributed by atoms with Crippen LogP contribution in [0.1, 0.15) is 66.5 Å². The summed E-state index contributed by atoms with van der Waals surface area (Å²) >= 11 is 0. The molecule has 0 amide bonds. The summed E-state index contributed by atoms with van der Waals surface area (Å²) in [6, 6.07) is 22.5. The summed E-state index contributed by atoms with van der Waals surface area (Å²) in [5.41, 5.74) is 8.37. The third-order valence-corrected chi connectivity index (χ3v) is 8.50. The van der Waals surface area contributed by atoms with Crippen molar-refractivity contribution in [1.82, 2.24) is 14.5 Å². The van der Waals surface area contributed by atoms with Gasteiger partial charge in [-0.15, -0.1) is 0 Å². The van der Waals surface area contributed by atoms with Crippen molar-refractivity contribution in [3.05, 3.63) is 124 Å². The quantitative estimate of drug-likeness (QED) is 0.167. The number of carbonyl (C=O) groups excluding carboxylic acids is 3. The first-order valence-corrected chi connectivity index (χ1v) is 15.5. The molecule has 3 heterocycles. The molecule has 49 heavy (non-hydrogen) atoms. The molecule has 4 atom stereocenters. The molecule has 0 unspecified atom stereocenters. The molecule has 0 radical (unpaired) electrons. The number of hydrogen-bond acceptors (Lipinski definition) is 11. The van der Waals surface area contributed by atoms with Gasteiger partial charge in [-0.3, -0.25) is 0 Å². The molecular weight excluding hydrogens is 626 g/mol. The van der Waals surface area contributed by atoms with Gasteiger partial charge in [-0.05, 0) is 64.1 Å². The predicted molar refractivity (Wildman–Crippen MR) is 177 cm³/mol. The normalized spacial score (nSPS) is 20.0. The Hall–Kier alpha value is -6.06. The Kier molecular flexibility index (Phi) is 8.86. The van der Waals surface area contributed by atoms with Crippen molar-refractivity contribution >= 4 is 34.8 Å². The summed E-state index contributed by atoms with van der Waals surface area (Å²) in [6.07, 6.45) is -1.03. The molecule has 2 aromatic heterocycles. The van der Waals surface area contributed by atoms with Crippen molar-refractivity contribution in [2.45, 2.75) is 51.7 Å². The number of ether oxygens (including phenoxy) is 4. The van der Waals surface area contributed by atoms with Crippen LogP contribution < -0.4 is 5.73 Å². The Morgan fingerprint density at radius 3 is 1.94 bits per heavy atom. The molecule has 0 aliphatic carbocycles. The average Bonchev–Trinajstić information content (AvgIpc) is 3.59. The second kappa shape index (κ2) is 13.2. The fraction of sp³-hybridized carbons (Fsp3) is 0.243. The highest BCUT2D eigenvalue weighted by Gasteiger charge is 2.60. The fourth-order valence-corrected chi connectivity index (χ4v) is 5.78. The van der Waals surface area contributed by atoms with Crippen molar-refractivity contribution in [1.29, 1.82) is 5.26 Å². The molecule has 1 saturated heterocycles. The van der Waals surface area contributed by atoms with Gasteiger partial charge in [0.1, 0.15) is 36.6 Å². The molecule has 5 aromatic rings. The van der Waals surface area contributed by atoms with Crippen LogP contribution in [0, 0.1) is 32.1 Å². The highest BCUT2D eigenvalue weighted by Crippen LogP contribution is 2.46. The van der Waals surface area contributed by atoms with E-state index >= 15 is 0 Å². The third kappa shape index (κ3) is 6.44. The lowest BCUT2D eigenvalue weighted by atomic mass is 9.95. The molecule has 12 heteroatoms. The van der Waals surface area contributed by atoms with Crippen LogP contribution in [0.3, 0.4) is 0 Å². The summed E-state index contributed by atoms with van der Waals surface area (Å²) < 4.78 is 26.1. The molecule has 1 fully saturated rings. The maximum Gasteiger partial charge on any atom is 0.338 e. The Morgan fingerprint density at radius 2 is 1.39 bits per heavy atom. The van der Waals surface area contributed by atoms with Gasteiger partial charge in [-0.1, -0.05) is 53.1 Å². The SMILES string of the molecule is Cc1ccc(C(=O)OC[C@H]2O[C@@H](n3cc(C#N)c4c(N)ncnc43)[C@](C)(OC(=O)c3ccc(C)cc3)[C@@H]2OC(=O)c2ccc(C)cc2)cc1. The number of nitrogens with two attached hydrogens (primary N) is 1. The number of benzene rings is 3. The van der Waals surface area contributed by atoms with Crippen molar-refractivity contribution in [2.75, 3.05) is 12.3 Å². The van der Waals surface area contributed by atoms with Gasteiger partial charge in [0, 0.05) is 6.20 Å². The maximum atomic E-state index is 13.8. The van der Waals surface area contributed by atoms with Crippen molar-refractivity contribution in [2.24, 2.45) is 0 Å². The smallest absolute Gasteiger partial charge is 0.338 e. The first-order chi connectivity index (χ1) is 23.5. The molecule has 12 nitrogen and oxygen atoms in total. The number of esters is 3. The Labute approximate surface area is 282 Å². The van der Waals surface area contributed by atoms with Gasteiger partial charge in [-0.25, -0.2) is 24.4 Å². The number of aryl methyl sites for hydroxylation is 3. The zero-order valence-corrected chi connectivity index (χ0v) is 27.2. The van der Waals surface area contributed by atoms with Crippen LogP contribution in [0.4, 0.5) is 5.82 Å². The van der Waals surface area contributed by atoms with Gasteiger partial charge in [0.2, 0.25) is 0 Å². The van der Waals surface area contributed by atoms with Gasteiger partial charge in [0.05, 0.1) is 27.6 Å². The molecular formula is C37H33N5O7. The van der Waals surface area contributed by atoms with Crippen LogP contribution in [-0.4, -0.2) is 56.9 Å². The standard InChI is InChI=1S/C37H33N5O7/c1-21-5-11-24(12-6-21)33(43)46-19-28-30(48-34(44)25-13-7-22(2)8-14-25)37(4,49-35(45)26-15-9-23(3)10-16-26)36(47-28)42-18-27(17-38)29-31(39)40-20-41-32(29)42/h5-16,18,20,28,30,36H,19H2,1-4H3,(H2,39,40,41)/t28-,30-,36-,37-/m1/s1. The number of carbonyl (C=O) groups is 3. The lowest BCUT2D eigenvalue weighted by Crippen LogP contribution is -2.50. The molecule has 1 aliphatic rings. The topological polar surface area (TPSA) is 169 Å². The van der Waals surface area contributed by atoms with Crippen LogP contribution >= 0.6 is 0 Å². The third-order valence-electron chi connectivity index (χ3n) is 8.50. The van der Waals surface area contributed by atoms with Gasteiger partial charge < -0.3 is 29.2 Å². The molecule has 3 aromatic carbocycles. The summed E-state index contributed by atoms with van der Waals surface area (Å²) in [6.45, 7) is 6.85. The number of nitrogens with zero attached hydrogens (tertiary/aromatic N) is 4. The number of rotatable bonds is 8. The molecule has 0 saturated carbocycles. The highest BCUT2D eigenvalue weighted by atomic mass is 16.7. The maximum absolute atomic E-state index is 13.8. The van der Waals surface area contributed by atoms with Gasteiger partial charge in [0.15, 0.2) is 17.9 Å². The van der Waals surface area contributed by atoms with Gasteiger partial charge >= 0.3 is 17.9 Å². The Bertz CT molecular complexity index is 2090. The van der Waals surface area contributed by atoms with Crippen LogP contribution in [0.2, 0.25) is 0 Å². The van der Waals surface area contributed by atoms with Crippen LogP contribution in [0.5, 0.6) is 0 Å². The number of nitrogen functional groups attached to an aromatic ring is 1. The van der Waals surface area contributed by atoms with Crippen LogP contribution in [0.25, 0.3) is 11.0 Å². The average molecular weight is 660 g/mol. The van der Waals surface area contributed by atoms with Gasteiger partial charge in [-0.2, -0.15) is 5.26 Å². The molecule has 2 N–H and O–H groups in total. The van der Waals surface area contributed by atoms with E-state index in [4.69, 9.17) is 24.7 Å². The summed E-state index contributed by atoms with van der Waals surface area (Å²) in [7, 11) is 0. The van der Waals surface area contributed by atoms with Crippen LogP contribution in [-0.2, 0) is 18.9 Å². The second-order valence-electron chi connectivity index (χ2n) is 12.1. The Morgan fingerprint density at radius 1 is 0.857 bits per heavy atom.